The predicted molar refractivity (Wildman–Crippen MR) is 66.5 cm³/mol. The van der Waals surface area contributed by atoms with Crippen LogP contribution in [0, 0.1) is 0 Å². The van der Waals surface area contributed by atoms with Gasteiger partial charge in [-0.2, -0.15) is 0 Å². The van der Waals surface area contributed by atoms with Crippen molar-refractivity contribution in [3.05, 3.63) is 54.7 Å². The van der Waals surface area contributed by atoms with Crippen LogP contribution in [0.25, 0.3) is 21.7 Å². The van der Waals surface area contributed by atoms with Crippen LogP contribution in [0.3, 0.4) is 0 Å². The molecule has 2 heteroatoms. The molecule has 0 fully saturated rings. The zero-order valence-corrected chi connectivity index (χ0v) is 8.87. The molecule has 0 atom stereocenters. The Labute approximate surface area is 94.2 Å². The Hall–Kier alpha value is -1.60. The summed E-state index contributed by atoms with van der Waals surface area (Å²) < 4.78 is 0. The van der Waals surface area contributed by atoms with Gasteiger partial charge in [0.15, 0.2) is 0 Å². The average Bonchev–Trinajstić information content (AvgIpc) is 2.29. The first kappa shape index (κ1) is 9.94. The van der Waals surface area contributed by atoms with Crippen LogP contribution < -0.4 is 0 Å². The Kier molecular flexibility index (Phi) is 2.57. The van der Waals surface area contributed by atoms with Gasteiger partial charge in [0.25, 0.3) is 0 Å². The maximum Gasteiger partial charge on any atom is 0.0708 e. The Bertz CT molecular complexity index is 550. The van der Waals surface area contributed by atoms with Crippen LogP contribution in [0.15, 0.2) is 54.7 Å². The second-order valence-corrected chi connectivity index (χ2v) is 3.36. The zero-order valence-electron chi connectivity index (χ0n) is 8.05. The molecule has 0 amide bonds. The van der Waals surface area contributed by atoms with Crippen LogP contribution in [-0.2, 0) is 0 Å². The minimum atomic E-state index is 0. The van der Waals surface area contributed by atoms with E-state index in [9.17, 15) is 0 Å². The highest BCUT2D eigenvalue weighted by Gasteiger charge is 1.98. The second-order valence-electron chi connectivity index (χ2n) is 3.36. The van der Waals surface area contributed by atoms with Crippen LogP contribution in [0.2, 0.25) is 0 Å². The van der Waals surface area contributed by atoms with Gasteiger partial charge in [-0.05, 0) is 11.5 Å². The topological polar surface area (TPSA) is 12.9 Å². The summed E-state index contributed by atoms with van der Waals surface area (Å²) in [5.41, 5.74) is 1.06. The van der Waals surface area contributed by atoms with Crippen molar-refractivity contribution in [3.8, 4) is 0 Å². The first-order chi connectivity index (χ1) is 6.95. The summed E-state index contributed by atoms with van der Waals surface area (Å²) in [7, 11) is 0. The molecular formula is C13H10ClN. The lowest BCUT2D eigenvalue weighted by Crippen LogP contribution is -1.80. The minimum Gasteiger partial charge on any atom is -0.256 e. The summed E-state index contributed by atoms with van der Waals surface area (Å²) in [5, 5.41) is 3.70. The lowest BCUT2D eigenvalue weighted by Gasteiger charge is -2.01. The third-order valence-corrected chi connectivity index (χ3v) is 2.50. The lowest BCUT2D eigenvalue weighted by atomic mass is 10.1. The molecule has 1 aromatic heterocycles. The van der Waals surface area contributed by atoms with Crippen molar-refractivity contribution in [2.75, 3.05) is 0 Å². The third kappa shape index (κ3) is 1.55. The molecule has 0 spiro atoms. The Balaban J connectivity index is 0.000000853. The summed E-state index contributed by atoms with van der Waals surface area (Å²) in [6.45, 7) is 0. The highest BCUT2D eigenvalue weighted by molar-refractivity contribution is 6.05. The standard InChI is InChI=1S/C13H9N.ClH/c1-2-6-11-10(5-1)9-14-13-8-4-3-7-12(11)13;/h1-9H;1H. The number of halogens is 1. The predicted octanol–water partition coefficient (Wildman–Crippen LogP) is 3.81. The van der Waals surface area contributed by atoms with Gasteiger partial charge in [0.1, 0.15) is 0 Å². The Morgan fingerprint density at radius 3 is 2.27 bits per heavy atom. The number of para-hydroxylation sites is 1. The fourth-order valence-electron chi connectivity index (χ4n) is 1.81. The largest absolute Gasteiger partial charge is 0.256 e. The van der Waals surface area contributed by atoms with Gasteiger partial charge in [0.2, 0.25) is 0 Å². The summed E-state index contributed by atoms with van der Waals surface area (Å²) in [4.78, 5) is 4.41. The molecule has 0 N–H and O–H groups in total. The molecule has 1 nitrogen and oxygen atoms in total. The molecule has 15 heavy (non-hydrogen) atoms. The van der Waals surface area contributed by atoms with Crippen molar-refractivity contribution in [3.63, 3.8) is 0 Å². The number of rotatable bonds is 0. The van der Waals surface area contributed by atoms with Crippen molar-refractivity contribution in [1.82, 2.24) is 4.98 Å². The van der Waals surface area contributed by atoms with Crippen molar-refractivity contribution in [2.24, 2.45) is 0 Å². The summed E-state index contributed by atoms with van der Waals surface area (Å²) in [6.07, 6.45) is 1.93. The van der Waals surface area contributed by atoms with E-state index in [1.807, 2.05) is 24.4 Å². The van der Waals surface area contributed by atoms with E-state index >= 15 is 0 Å². The third-order valence-electron chi connectivity index (χ3n) is 2.50. The number of aromatic nitrogens is 1. The van der Waals surface area contributed by atoms with E-state index in [0.29, 0.717) is 0 Å². The van der Waals surface area contributed by atoms with Gasteiger partial charge in [0, 0.05) is 17.0 Å². The van der Waals surface area contributed by atoms with E-state index < -0.39 is 0 Å². The molecule has 0 aliphatic rings. The molecule has 0 radical (unpaired) electrons. The molecule has 3 rings (SSSR count). The van der Waals surface area contributed by atoms with E-state index in [4.69, 9.17) is 0 Å². The Morgan fingerprint density at radius 2 is 1.40 bits per heavy atom. The molecule has 0 aliphatic carbocycles. The smallest absolute Gasteiger partial charge is 0.0708 e. The van der Waals surface area contributed by atoms with Crippen LogP contribution in [-0.4, -0.2) is 4.98 Å². The average molecular weight is 216 g/mol. The zero-order chi connectivity index (χ0) is 9.38. The summed E-state index contributed by atoms with van der Waals surface area (Å²) in [5.74, 6) is 0. The SMILES string of the molecule is Cl.c1ccc2c(c1)cnc1ccccc12. The maximum atomic E-state index is 4.41. The number of nitrogens with zero attached hydrogens (tertiary/aromatic N) is 1. The van der Waals surface area contributed by atoms with Gasteiger partial charge in [0.05, 0.1) is 5.52 Å². The minimum absolute atomic E-state index is 0. The fraction of sp³-hybridized carbons (Fsp3) is 0. The molecule has 0 aliphatic heterocycles. The van der Waals surface area contributed by atoms with Crippen molar-refractivity contribution in [2.45, 2.75) is 0 Å². The van der Waals surface area contributed by atoms with Gasteiger partial charge >= 0.3 is 0 Å². The van der Waals surface area contributed by atoms with Crippen LogP contribution in [0.5, 0.6) is 0 Å². The number of hydrogen-bond acceptors (Lipinski definition) is 1. The lowest BCUT2D eigenvalue weighted by molar-refractivity contribution is 1.44. The van der Waals surface area contributed by atoms with E-state index in [0.717, 1.165) is 5.52 Å². The first-order valence-electron chi connectivity index (χ1n) is 4.68. The highest BCUT2D eigenvalue weighted by atomic mass is 35.5. The summed E-state index contributed by atoms with van der Waals surface area (Å²) in [6, 6.07) is 16.6. The van der Waals surface area contributed by atoms with Crippen molar-refractivity contribution in [1.29, 1.82) is 0 Å². The molecule has 0 saturated carbocycles. The van der Waals surface area contributed by atoms with Crippen LogP contribution >= 0.6 is 12.4 Å². The van der Waals surface area contributed by atoms with E-state index in [1.165, 1.54) is 16.2 Å². The van der Waals surface area contributed by atoms with Gasteiger partial charge in [-0.25, -0.2) is 0 Å². The highest BCUT2D eigenvalue weighted by Crippen LogP contribution is 2.22. The van der Waals surface area contributed by atoms with Crippen molar-refractivity contribution < 1.29 is 0 Å². The first-order valence-corrected chi connectivity index (χ1v) is 4.68. The summed E-state index contributed by atoms with van der Waals surface area (Å²) >= 11 is 0. The normalized spacial score (nSPS) is 10.1. The molecule has 0 unspecified atom stereocenters. The van der Waals surface area contributed by atoms with Crippen LogP contribution in [0.1, 0.15) is 0 Å². The quantitative estimate of drug-likeness (QED) is 0.520. The maximum absolute atomic E-state index is 4.41. The molecule has 1 heterocycles. The number of fused-ring (bicyclic) bond motifs is 3. The molecule has 2 aromatic carbocycles. The monoisotopic (exact) mass is 215 g/mol. The molecule has 0 saturated heterocycles. The molecule has 74 valence electrons. The fourth-order valence-corrected chi connectivity index (χ4v) is 1.81. The number of hydrogen-bond donors (Lipinski definition) is 0. The van der Waals surface area contributed by atoms with Crippen molar-refractivity contribution >= 4 is 34.1 Å². The van der Waals surface area contributed by atoms with E-state index in [1.54, 1.807) is 0 Å². The van der Waals surface area contributed by atoms with Crippen LogP contribution in [0.4, 0.5) is 0 Å². The van der Waals surface area contributed by atoms with Gasteiger partial charge in [-0.3, -0.25) is 4.98 Å². The number of pyridine rings is 1. The Morgan fingerprint density at radius 1 is 0.733 bits per heavy atom. The van der Waals surface area contributed by atoms with Gasteiger partial charge < -0.3 is 0 Å². The van der Waals surface area contributed by atoms with E-state index in [2.05, 4.69) is 35.3 Å². The molecule has 0 bridgehead atoms. The molecule has 3 aromatic rings. The second kappa shape index (κ2) is 3.87. The van der Waals surface area contributed by atoms with Gasteiger partial charge in [-0.1, -0.05) is 42.5 Å². The molecular weight excluding hydrogens is 206 g/mol. The number of benzene rings is 2. The van der Waals surface area contributed by atoms with Gasteiger partial charge in [-0.15, -0.1) is 12.4 Å². The van der Waals surface area contributed by atoms with E-state index in [-0.39, 0.29) is 12.4 Å².